The molecule has 0 N–H and O–H groups in total. The first-order valence-electron chi connectivity index (χ1n) is 7.53. The SMILES string of the molecule is C=CC(=O)OC.C=CC(=O)OC.C=CC(=O)OC.CCCOCCC. The quantitative estimate of drug-likeness (QED) is 0.298. The highest BCUT2D eigenvalue weighted by atomic mass is 16.5. The van der Waals surface area contributed by atoms with Gasteiger partial charge in [-0.2, -0.15) is 0 Å². The molecule has 0 aromatic carbocycles. The van der Waals surface area contributed by atoms with Crippen LogP contribution >= 0.6 is 0 Å². The number of methoxy groups -OCH3 is 3. The third-order valence-electron chi connectivity index (χ3n) is 1.80. The van der Waals surface area contributed by atoms with Gasteiger partial charge in [0.1, 0.15) is 0 Å². The van der Waals surface area contributed by atoms with Crippen LogP contribution in [0.15, 0.2) is 38.0 Å². The summed E-state index contributed by atoms with van der Waals surface area (Å²) < 4.78 is 17.6. The van der Waals surface area contributed by atoms with Crippen LogP contribution in [0.1, 0.15) is 26.7 Å². The molecule has 0 aliphatic heterocycles. The lowest BCUT2D eigenvalue weighted by Gasteiger charge is -1.95. The Kier molecular flexibility index (Phi) is 36.1. The Bertz CT molecular complexity index is 311. The van der Waals surface area contributed by atoms with E-state index in [0.29, 0.717) is 0 Å². The third-order valence-corrected chi connectivity index (χ3v) is 1.80. The van der Waals surface area contributed by atoms with Crippen molar-refractivity contribution < 1.29 is 33.3 Å². The van der Waals surface area contributed by atoms with E-state index in [1.165, 1.54) is 21.3 Å². The maximum Gasteiger partial charge on any atom is 0.329 e. The molecule has 0 rings (SSSR count). The molecule has 0 aliphatic rings. The van der Waals surface area contributed by atoms with E-state index in [1.807, 2.05) is 0 Å². The number of carbonyl (C=O) groups excluding carboxylic acids is 3. The first-order valence-corrected chi connectivity index (χ1v) is 7.53. The molecule has 146 valence electrons. The van der Waals surface area contributed by atoms with Crippen LogP contribution < -0.4 is 0 Å². The monoisotopic (exact) mass is 360 g/mol. The van der Waals surface area contributed by atoms with E-state index in [4.69, 9.17) is 4.74 Å². The minimum absolute atomic E-state index is 0.394. The lowest BCUT2D eigenvalue weighted by Crippen LogP contribution is -1.92. The Balaban J connectivity index is -0.000000118. The van der Waals surface area contributed by atoms with Crippen molar-refractivity contribution in [2.45, 2.75) is 26.7 Å². The lowest BCUT2D eigenvalue weighted by atomic mass is 10.5. The van der Waals surface area contributed by atoms with Crippen molar-refractivity contribution >= 4 is 17.9 Å². The first kappa shape index (κ1) is 30.5. The Morgan fingerprint density at radius 3 is 1.00 bits per heavy atom. The van der Waals surface area contributed by atoms with Gasteiger partial charge in [0, 0.05) is 31.4 Å². The van der Waals surface area contributed by atoms with Crippen molar-refractivity contribution in [2.24, 2.45) is 0 Å². The van der Waals surface area contributed by atoms with Crippen molar-refractivity contribution in [1.29, 1.82) is 0 Å². The van der Waals surface area contributed by atoms with E-state index in [1.54, 1.807) is 0 Å². The maximum atomic E-state index is 9.84. The topological polar surface area (TPSA) is 88.1 Å². The molecule has 0 radical (unpaired) electrons. The number of rotatable bonds is 7. The molecule has 0 unspecified atom stereocenters. The molecule has 0 atom stereocenters. The van der Waals surface area contributed by atoms with Gasteiger partial charge in [0.15, 0.2) is 0 Å². The zero-order valence-electron chi connectivity index (χ0n) is 16.0. The molecular formula is C18H32O7. The van der Waals surface area contributed by atoms with Gasteiger partial charge < -0.3 is 18.9 Å². The van der Waals surface area contributed by atoms with E-state index in [2.05, 4.69) is 47.8 Å². The number of carbonyl (C=O) groups is 3. The van der Waals surface area contributed by atoms with Crippen LogP contribution in [0.4, 0.5) is 0 Å². The van der Waals surface area contributed by atoms with Crippen molar-refractivity contribution in [2.75, 3.05) is 34.5 Å². The Labute approximate surface area is 151 Å². The van der Waals surface area contributed by atoms with Crippen molar-refractivity contribution in [3.05, 3.63) is 38.0 Å². The minimum atomic E-state index is -0.394. The van der Waals surface area contributed by atoms with Crippen LogP contribution in [0.3, 0.4) is 0 Å². The van der Waals surface area contributed by atoms with Crippen molar-refractivity contribution in [3.8, 4) is 0 Å². The van der Waals surface area contributed by atoms with Gasteiger partial charge in [-0.15, -0.1) is 0 Å². The Morgan fingerprint density at radius 1 is 0.680 bits per heavy atom. The number of esters is 3. The predicted octanol–water partition coefficient (Wildman–Crippen LogP) is 2.86. The zero-order valence-corrected chi connectivity index (χ0v) is 16.0. The van der Waals surface area contributed by atoms with Gasteiger partial charge >= 0.3 is 17.9 Å². The molecule has 0 spiro atoms. The second kappa shape index (κ2) is 29.6. The van der Waals surface area contributed by atoms with Crippen LogP contribution in [-0.4, -0.2) is 52.5 Å². The number of ether oxygens (including phenoxy) is 4. The molecule has 0 saturated carbocycles. The summed E-state index contributed by atoms with van der Waals surface area (Å²) in [6.45, 7) is 15.6. The summed E-state index contributed by atoms with van der Waals surface area (Å²) in [6, 6.07) is 0. The second-order valence-corrected chi connectivity index (χ2v) is 3.79. The lowest BCUT2D eigenvalue weighted by molar-refractivity contribution is -0.135. The highest BCUT2D eigenvalue weighted by Gasteiger charge is 1.83. The van der Waals surface area contributed by atoms with Gasteiger partial charge in [-0.1, -0.05) is 33.6 Å². The fourth-order valence-corrected chi connectivity index (χ4v) is 0.641. The standard InChI is InChI=1S/C6H14O.3C4H6O2/c1-3-5-7-6-4-2;3*1-3-4(5)6-2/h3-6H2,1-2H3;3*3H,1H2,2H3. The van der Waals surface area contributed by atoms with Gasteiger partial charge in [-0.25, -0.2) is 14.4 Å². The molecule has 0 aliphatic carbocycles. The highest BCUT2D eigenvalue weighted by Crippen LogP contribution is 1.81. The molecule has 25 heavy (non-hydrogen) atoms. The Morgan fingerprint density at radius 2 is 0.920 bits per heavy atom. The van der Waals surface area contributed by atoms with Crippen LogP contribution in [-0.2, 0) is 33.3 Å². The molecule has 0 amide bonds. The van der Waals surface area contributed by atoms with E-state index in [9.17, 15) is 14.4 Å². The number of hydrogen-bond donors (Lipinski definition) is 0. The highest BCUT2D eigenvalue weighted by molar-refractivity contribution is 5.81. The van der Waals surface area contributed by atoms with Gasteiger partial charge in [-0.05, 0) is 12.8 Å². The smallest absolute Gasteiger partial charge is 0.329 e. The summed E-state index contributed by atoms with van der Waals surface area (Å²) in [5, 5.41) is 0. The molecule has 0 fully saturated rings. The fourth-order valence-electron chi connectivity index (χ4n) is 0.641. The average molecular weight is 360 g/mol. The summed E-state index contributed by atoms with van der Waals surface area (Å²) in [7, 11) is 3.93. The predicted molar refractivity (Wildman–Crippen MR) is 98.0 cm³/mol. The molecule has 0 aromatic rings. The largest absolute Gasteiger partial charge is 0.466 e. The molecule has 7 heteroatoms. The van der Waals surface area contributed by atoms with Crippen LogP contribution in [0, 0.1) is 0 Å². The van der Waals surface area contributed by atoms with Crippen LogP contribution in [0.25, 0.3) is 0 Å². The van der Waals surface area contributed by atoms with Gasteiger partial charge in [-0.3, -0.25) is 0 Å². The van der Waals surface area contributed by atoms with E-state index < -0.39 is 17.9 Å². The first-order chi connectivity index (χ1) is 11.8. The third kappa shape index (κ3) is 44.9. The normalized spacial score (nSPS) is 7.56. The summed E-state index contributed by atoms with van der Waals surface area (Å²) in [4.78, 5) is 29.5. The molecule has 0 bridgehead atoms. The van der Waals surface area contributed by atoms with E-state index >= 15 is 0 Å². The fraction of sp³-hybridized carbons (Fsp3) is 0.500. The minimum Gasteiger partial charge on any atom is -0.466 e. The summed E-state index contributed by atoms with van der Waals surface area (Å²) >= 11 is 0. The maximum absolute atomic E-state index is 9.84. The van der Waals surface area contributed by atoms with Crippen molar-refractivity contribution in [3.63, 3.8) is 0 Å². The number of hydrogen-bond acceptors (Lipinski definition) is 7. The van der Waals surface area contributed by atoms with E-state index in [0.717, 1.165) is 44.3 Å². The molecular weight excluding hydrogens is 328 g/mol. The van der Waals surface area contributed by atoms with Gasteiger partial charge in [0.2, 0.25) is 0 Å². The molecule has 0 heterocycles. The summed E-state index contributed by atoms with van der Waals surface area (Å²) in [6.07, 6.45) is 5.61. The molecule has 0 saturated heterocycles. The van der Waals surface area contributed by atoms with Crippen LogP contribution in [0.5, 0.6) is 0 Å². The van der Waals surface area contributed by atoms with Gasteiger partial charge in [0.05, 0.1) is 21.3 Å². The summed E-state index contributed by atoms with van der Waals surface area (Å²) in [5.74, 6) is -1.18. The van der Waals surface area contributed by atoms with Crippen LogP contribution in [0.2, 0.25) is 0 Å². The summed E-state index contributed by atoms with van der Waals surface area (Å²) in [5.41, 5.74) is 0. The molecule has 0 aromatic heterocycles. The average Bonchev–Trinajstić information content (AvgIpc) is 2.67. The van der Waals surface area contributed by atoms with E-state index in [-0.39, 0.29) is 0 Å². The Hall–Kier alpha value is -2.41. The molecule has 7 nitrogen and oxygen atoms in total. The van der Waals surface area contributed by atoms with Crippen molar-refractivity contribution in [1.82, 2.24) is 0 Å². The second-order valence-electron chi connectivity index (χ2n) is 3.79. The van der Waals surface area contributed by atoms with Gasteiger partial charge in [0.25, 0.3) is 0 Å². The zero-order chi connectivity index (χ0) is 20.5.